The highest BCUT2D eigenvalue weighted by atomic mass is 15.2. The maximum atomic E-state index is 9.74. The monoisotopic (exact) mass is 1780 g/mol. The summed E-state index contributed by atoms with van der Waals surface area (Å²) in [6.07, 6.45) is 0. The van der Waals surface area contributed by atoms with E-state index in [0.717, 1.165) is 89.8 Å². The normalized spacial score (nSPS) is 14.0. The maximum Gasteiger partial charge on any atom is 0.187 e. The van der Waals surface area contributed by atoms with Crippen molar-refractivity contribution in [1.29, 1.82) is 10.5 Å². The molecular weight excluding hydrogens is 1700 g/mol. The largest absolute Gasteiger partial charge is 0.311 e. The lowest BCUT2D eigenvalue weighted by molar-refractivity contribution is 0.797. The number of rotatable bonds is 14. The molecule has 2 atom stereocenters. The van der Waals surface area contributed by atoms with Gasteiger partial charge in [-0.3, -0.25) is 0 Å². The molecule has 2 spiro atoms. The summed E-state index contributed by atoms with van der Waals surface area (Å²) in [5.41, 5.74) is 36.6. The molecule has 26 rings (SSSR count). The Morgan fingerprint density at radius 1 is 0.214 bits per heavy atom. The van der Waals surface area contributed by atoms with E-state index in [1.165, 1.54) is 143 Å². The third-order valence-electron chi connectivity index (χ3n) is 29.6. The average Bonchev–Trinajstić information content (AvgIpc) is 1.50. The predicted octanol–water partition coefficient (Wildman–Crippen LogP) is 36.0. The molecule has 0 aliphatic heterocycles. The number of anilines is 12. The van der Waals surface area contributed by atoms with E-state index in [9.17, 15) is 10.5 Å². The Balaban J connectivity index is 0.000000148. The van der Waals surface area contributed by atoms with Gasteiger partial charge < -0.3 is 19.6 Å². The molecule has 0 radical (unpaired) electrons. The minimum absolute atomic E-state index is 0.414. The Morgan fingerprint density at radius 3 is 0.771 bits per heavy atom. The molecule has 0 saturated carbocycles. The number of para-hydroxylation sites is 2. The van der Waals surface area contributed by atoms with Crippen LogP contribution in [-0.2, 0) is 10.8 Å². The minimum Gasteiger partial charge on any atom is -0.311 e. The quantitative estimate of drug-likeness (QED) is 0.101. The summed E-state index contributed by atoms with van der Waals surface area (Å²) in [5.74, 6) is 0.830. The Labute approximate surface area is 814 Å². The van der Waals surface area contributed by atoms with Crippen molar-refractivity contribution in [2.45, 2.75) is 50.4 Å². The van der Waals surface area contributed by atoms with Gasteiger partial charge in [-0.25, -0.2) is 9.69 Å². The van der Waals surface area contributed by atoms with Gasteiger partial charge in [-0.05, 0) is 395 Å². The number of nitrogens with zero attached hydrogens (tertiary/aromatic N) is 8. The molecular formula is C132H88N8. The molecule has 4 aliphatic rings. The van der Waals surface area contributed by atoms with Crippen LogP contribution in [0.25, 0.3) is 119 Å². The van der Waals surface area contributed by atoms with Gasteiger partial charge in [0.15, 0.2) is 11.4 Å². The zero-order valence-corrected chi connectivity index (χ0v) is 77.5. The molecule has 140 heavy (non-hydrogen) atoms. The standard InChI is InChI=1S/C69H50N4.C63H38N4/c1-43(2)46-16-27-55(28-17-46)72(54-25-14-45(42-70)15-26-54)58-31-20-49-38-62-63-39-50-21-32-59(73(57-33-23-53(71-5)24-34-57)56-29-18-47(19-30-56)44(3)4)37-52(50)41-67(63)69(66(62)40-51(49)36-58)64-13-9-8-12-61(64)68-60-11-7-6-10-48(60)22-35-65(68)69;1-65-47-25-31-51(32-26-47)67(49-15-6-3-7-16-49)53-30-23-44-37-57-56-36-43-22-29-52(66(48-13-4-2-5-14-48)50-27-20-41(40-64)21-28-50)34-45(43)38-60(56)63(61(57)39-46(44)35-53)58-19-11-10-18-55(58)62-54-17-9-8-12-42(54)24-33-59(62)63/h6-41,43-44H,1-4H3;2-39H. The summed E-state index contributed by atoms with van der Waals surface area (Å²) in [6, 6.07) is 167. The molecule has 0 N–H and O–H groups in total. The van der Waals surface area contributed by atoms with E-state index in [1.54, 1.807) is 0 Å². The van der Waals surface area contributed by atoms with Gasteiger partial charge in [-0.15, -0.1) is 0 Å². The van der Waals surface area contributed by atoms with Gasteiger partial charge in [0.25, 0.3) is 0 Å². The Hall–Kier alpha value is -18.4. The van der Waals surface area contributed by atoms with Crippen molar-refractivity contribution in [3.8, 4) is 56.6 Å². The molecule has 8 nitrogen and oxygen atoms in total. The lowest BCUT2D eigenvalue weighted by atomic mass is 9.70. The van der Waals surface area contributed by atoms with Crippen molar-refractivity contribution in [3.63, 3.8) is 0 Å². The van der Waals surface area contributed by atoms with Crippen LogP contribution in [-0.4, -0.2) is 0 Å². The fraction of sp³-hybridized carbons (Fsp3) is 0.0606. The number of benzene rings is 22. The van der Waals surface area contributed by atoms with Crippen LogP contribution in [0.5, 0.6) is 0 Å². The van der Waals surface area contributed by atoms with Crippen LogP contribution in [0.4, 0.5) is 79.6 Å². The van der Waals surface area contributed by atoms with E-state index in [4.69, 9.17) is 13.1 Å². The zero-order valence-electron chi connectivity index (χ0n) is 77.5. The Morgan fingerprint density at radius 2 is 0.471 bits per heavy atom. The van der Waals surface area contributed by atoms with Gasteiger partial charge in [-0.2, -0.15) is 10.5 Å². The summed E-state index contributed by atoms with van der Waals surface area (Å²) >= 11 is 0. The first kappa shape index (κ1) is 83.4. The van der Waals surface area contributed by atoms with Gasteiger partial charge in [0, 0.05) is 68.2 Å². The summed E-state index contributed by atoms with van der Waals surface area (Å²) in [5, 5.41) is 33.7. The summed E-state index contributed by atoms with van der Waals surface area (Å²) in [7, 11) is 0. The molecule has 656 valence electrons. The van der Waals surface area contributed by atoms with E-state index in [-0.39, 0.29) is 0 Å². The van der Waals surface area contributed by atoms with E-state index in [1.807, 2.05) is 97.1 Å². The van der Waals surface area contributed by atoms with E-state index < -0.39 is 10.8 Å². The van der Waals surface area contributed by atoms with Crippen LogP contribution < -0.4 is 19.6 Å². The summed E-state index contributed by atoms with van der Waals surface area (Å²) in [6.45, 7) is 24.2. The molecule has 0 saturated heterocycles. The zero-order chi connectivity index (χ0) is 94.2. The second-order valence-electron chi connectivity index (χ2n) is 37.8. The number of hydrogen-bond acceptors (Lipinski definition) is 6. The first-order chi connectivity index (χ1) is 68.8. The average molecular weight is 1790 g/mol. The molecule has 0 aromatic heterocycles. The van der Waals surface area contributed by atoms with E-state index in [2.05, 4.69) is 421 Å². The molecule has 0 heterocycles. The second kappa shape index (κ2) is 33.3. The number of nitriles is 2. The minimum atomic E-state index is -0.615. The van der Waals surface area contributed by atoms with E-state index in [0.29, 0.717) is 34.3 Å². The highest BCUT2D eigenvalue weighted by molar-refractivity contribution is 6.13. The second-order valence-corrected chi connectivity index (χ2v) is 37.8. The van der Waals surface area contributed by atoms with Crippen molar-refractivity contribution in [1.82, 2.24) is 0 Å². The van der Waals surface area contributed by atoms with Crippen LogP contribution >= 0.6 is 0 Å². The van der Waals surface area contributed by atoms with Gasteiger partial charge in [0.1, 0.15) is 0 Å². The van der Waals surface area contributed by atoms with Crippen molar-refractivity contribution < 1.29 is 0 Å². The Kier molecular flexibility index (Phi) is 19.8. The lowest BCUT2D eigenvalue weighted by Gasteiger charge is -2.31. The topological polar surface area (TPSA) is 69.3 Å². The molecule has 4 aliphatic carbocycles. The van der Waals surface area contributed by atoms with Gasteiger partial charge >= 0.3 is 0 Å². The maximum absolute atomic E-state index is 9.74. The fourth-order valence-corrected chi connectivity index (χ4v) is 23.1. The number of hydrogen-bond donors (Lipinski definition) is 0. The van der Waals surface area contributed by atoms with Crippen LogP contribution in [0, 0.1) is 35.8 Å². The van der Waals surface area contributed by atoms with Gasteiger partial charge in [0.2, 0.25) is 0 Å². The van der Waals surface area contributed by atoms with Crippen molar-refractivity contribution in [3.05, 3.63) is 539 Å². The van der Waals surface area contributed by atoms with Crippen LogP contribution in [0.1, 0.15) is 106 Å². The first-order valence-corrected chi connectivity index (χ1v) is 47.9. The molecule has 2 unspecified atom stereocenters. The number of fused-ring (bicyclic) bond motifs is 28. The molecule has 22 aromatic rings. The van der Waals surface area contributed by atoms with Gasteiger partial charge in [0.05, 0.1) is 47.2 Å². The third kappa shape index (κ3) is 13.3. The first-order valence-electron chi connectivity index (χ1n) is 47.9. The van der Waals surface area contributed by atoms with Crippen molar-refractivity contribution in [2.75, 3.05) is 19.6 Å². The SMILES string of the molecule is [C-]#[N+]c1ccc(N(c2ccc(C(C)C)cc2)c2ccc3cc4c(cc3c2)C2(c3cc5cc(N(c6ccc(C#N)cc6)c6ccc(C(C)C)cc6)ccc5cc3-4)c3ccccc3-c3c2ccc2ccccc32)cc1.[C-]#[N+]c1ccc(N(c2ccccc2)c2ccc3cc4c(cc3c2)C2(c3cc5cc(N(c6ccccc6)c6ccc(C#N)cc6)ccc5cc3-4)c3ccccc3-c3c2ccc2ccccc32)cc1. The highest BCUT2D eigenvalue weighted by Gasteiger charge is 2.54. The molecule has 0 bridgehead atoms. The molecule has 0 amide bonds. The molecule has 22 aromatic carbocycles. The molecule has 8 heteroatoms. The van der Waals surface area contributed by atoms with Gasteiger partial charge in [-0.1, -0.05) is 258 Å². The smallest absolute Gasteiger partial charge is 0.187 e. The molecule has 0 fully saturated rings. The summed E-state index contributed by atoms with van der Waals surface area (Å²) < 4.78 is 0. The fourth-order valence-electron chi connectivity index (χ4n) is 23.1. The van der Waals surface area contributed by atoms with Crippen LogP contribution in [0.3, 0.4) is 0 Å². The third-order valence-corrected chi connectivity index (χ3v) is 29.6. The van der Waals surface area contributed by atoms with E-state index >= 15 is 0 Å². The van der Waals surface area contributed by atoms with Crippen LogP contribution in [0.2, 0.25) is 0 Å². The van der Waals surface area contributed by atoms with Crippen LogP contribution in [0.15, 0.2) is 449 Å². The summed E-state index contributed by atoms with van der Waals surface area (Å²) in [4.78, 5) is 16.5. The highest BCUT2D eigenvalue weighted by Crippen LogP contribution is 2.68. The lowest BCUT2D eigenvalue weighted by Crippen LogP contribution is -2.26. The van der Waals surface area contributed by atoms with Crippen molar-refractivity contribution >= 4 is 144 Å². The predicted molar refractivity (Wildman–Crippen MR) is 579 cm³/mol. The Bertz CT molecular complexity index is 8640. The van der Waals surface area contributed by atoms with Crippen molar-refractivity contribution in [2.24, 2.45) is 0 Å².